The van der Waals surface area contributed by atoms with Gasteiger partial charge in [-0.1, -0.05) is 30.3 Å². The zero-order valence-electron chi connectivity index (χ0n) is 16.9. The second-order valence-corrected chi connectivity index (χ2v) is 7.22. The van der Waals surface area contributed by atoms with E-state index in [1.807, 2.05) is 48.7 Å². The molecule has 0 saturated heterocycles. The van der Waals surface area contributed by atoms with Crippen LogP contribution in [0.3, 0.4) is 0 Å². The Hall–Kier alpha value is -3.03. The molecule has 0 atom stereocenters. The molecule has 0 radical (unpaired) electrons. The van der Waals surface area contributed by atoms with E-state index in [-0.39, 0.29) is 18.1 Å². The third-order valence-electron chi connectivity index (χ3n) is 5.17. The first-order valence-electron chi connectivity index (χ1n) is 9.69. The number of aromatic amines is 1. The summed E-state index contributed by atoms with van der Waals surface area (Å²) in [6, 6.07) is 14.3. The van der Waals surface area contributed by atoms with E-state index in [1.54, 1.807) is 0 Å². The molecule has 2 aliphatic heterocycles. The number of rotatable bonds is 6. The zero-order chi connectivity index (χ0) is 20.4. The molecule has 156 valence electrons. The Bertz CT molecular complexity index is 1250. The minimum Gasteiger partial charge on any atom is -0.321 e. The van der Waals surface area contributed by atoms with Gasteiger partial charge in [-0.15, -0.1) is 12.4 Å². The summed E-state index contributed by atoms with van der Waals surface area (Å²) in [6.45, 7) is 6.14. The summed E-state index contributed by atoms with van der Waals surface area (Å²) in [6.07, 6.45) is 0.935. The molecule has 0 spiro atoms. The lowest BCUT2D eigenvalue weighted by Crippen LogP contribution is -2.30. The van der Waals surface area contributed by atoms with Crippen molar-refractivity contribution in [3.63, 3.8) is 0 Å². The van der Waals surface area contributed by atoms with Crippen LogP contribution in [0.1, 0.15) is 16.7 Å². The Morgan fingerprint density at radius 3 is 2.50 bits per heavy atom. The number of nitrogens with one attached hydrogen (secondary N) is 2. The fraction of sp³-hybridized carbons (Fsp3) is 0.273. The van der Waals surface area contributed by atoms with Crippen molar-refractivity contribution >= 4 is 23.4 Å². The smallest absolute Gasteiger partial charge is 0.321 e. The van der Waals surface area contributed by atoms with Crippen LogP contribution in [-0.4, -0.2) is 32.6 Å². The van der Waals surface area contributed by atoms with Crippen LogP contribution in [0.5, 0.6) is 0 Å². The molecule has 2 aliphatic rings. The van der Waals surface area contributed by atoms with E-state index < -0.39 is 11.2 Å². The minimum atomic E-state index is -0.654. The van der Waals surface area contributed by atoms with Crippen molar-refractivity contribution in [1.29, 1.82) is 0 Å². The summed E-state index contributed by atoms with van der Waals surface area (Å²) in [5.74, 6) is 0.319. The van der Waals surface area contributed by atoms with Crippen molar-refractivity contribution in [3.8, 4) is 11.5 Å². The molecule has 0 aliphatic carbocycles. The molecule has 0 fully saturated rings. The van der Waals surface area contributed by atoms with Gasteiger partial charge in [0, 0.05) is 13.1 Å². The Morgan fingerprint density at radius 1 is 1.00 bits per heavy atom. The second kappa shape index (κ2) is 9.19. The van der Waals surface area contributed by atoms with Crippen LogP contribution in [0.2, 0.25) is 0 Å². The van der Waals surface area contributed by atoms with Crippen LogP contribution in [0.4, 0.5) is 0 Å². The van der Waals surface area contributed by atoms with Gasteiger partial charge in [-0.2, -0.15) is 4.98 Å². The average Bonchev–Trinajstić information content (AvgIpc) is 2.70. The fourth-order valence-corrected chi connectivity index (χ4v) is 3.47. The number of nitrogens with zero attached hydrogens (tertiary/aromatic N) is 3. The molecule has 0 aromatic heterocycles. The maximum atomic E-state index is 12.3. The highest BCUT2D eigenvalue weighted by molar-refractivity contribution is 5.85. The third kappa shape index (κ3) is 4.42. The summed E-state index contributed by atoms with van der Waals surface area (Å²) in [4.78, 5) is 34.9. The van der Waals surface area contributed by atoms with E-state index >= 15 is 0 Å². The van der Waals surface area contributed by atoms with Crippen molar-refractivity contribution in [2.45, 2.75) is 26.8 Å². The summed E-state index contributed by atoms with van der Waals surface area (Å²) < 4.78 is 1.91. The molecule has 0 unspecified atom stereocenters. The summed E-state index contributed by atoms with van der Waals surface area (Å²) in [7, 11) is 0. The van der Waals surface area contributed by atoms with E-state index in [2.05, 4.69) is 32.4 Å². The van der Waals surface area contributed by atoms with Crippen molar-refractivity contribution < 1.29 is 0 Å². The van der Waals surface area contributed by atoms with Crippen LogP contribution < -0.4 is 16.6 Å². The highest BCUT2D eigenvalue weighted by Crippen LogP contribution is 2.23. The largest absolute Gasteiger partial charge is 0.349 e. The molecule has 30 heavy (non-hydrogen) atoms. The predicted octanol–water partition coefficient (Wildman–Crippen LogP) is 2.46. The summed E-state index contributed by atoms with van der Waals surface area (Å²) in [5.41, 5.74) is 4.11. The number of fused-ring (bicyclic) bond motifs is 2. The van der Waals surface area contributed by atoms with E-state index in [0.29, 0.717) is 18.9 Å². The molecule has 0 bridgehead atoms. The van der Waals surface area contributed by atoms with E-state index in [1.165, 1.54) is 5.56 Å². The van der Waals surface area contributed by atoms with Crippen molar-refractivity contribution in [1.82, 2.24) is 24.8 Å². The van der Waals surface area contributed by atoms with Crippen LogP contribution in [0.15, 0.2) is 52.1 Å². The SMILES string of the molecule is Cc1cc2nc3c(=O)[nH]c(=O)nc-3n(CCNCCc3ccccc3)c2cc1C.Cl. The van der Waals surface area contributed by atoms with Crippen molar-refractivity contribution in [2.75, 3.05) is 13.1 Å². The van der Waals surface area contributed by atoms with Crippen LogP contribution in [0, 0.1) is 13.8 Å². The summed E-state index contributed by atoms with van der Waals surface area (Å²) in [5, 5.41) is 3.43. The lowest BCUT2D eigenvalue weighted by molar-refractivity contribution is 0.603. The second-order valence-electron chi connectivity index (χ2n) is 7.22. The number of aromatic nitrogens is 4. The van der Waals surface area contributed by atoms with Gasteiger partial charge in [-0.3, -0.25) is 9.78 Å². The third-order valence-corrected chi connectivity index (χ3v) is 5.17. The standard InChI is InChI=1S/C22H23N5O2.ClH/c1-14-12-17-18(13-15(14)2)27(20-19(24-17)21(28)26-22(29)25-20)11-10-23-9-8-16-6-4-3-5-7-16;/h3-7,12-13,23H,8-11H2,1-2H3,(H,26,28,29);1H. The van der Waals surface area contributed by atoms with Gasteiger partial charge in [0.2, 0.25) is 0 Å². The van der Waals surface area contributed by atoms with E-state index in [4.69, 9.17) is 0 Å². The van der Waals surface area contributed by atoms with Gasteiger partial charge in [0.1, 0.15) is 0 Å². The number of benzene rings is 2. The Labute approximate surface area is 180 Å². The molecule has 8 heteroatoms. The lowest BCUT2D eigenvalue weighted by Gasteiger charge is -2.18. The topological polar surface area (TPSA) is 92.7 Å². The molecule has 2 aromatic carbocycles. The zero-order valence-corrected chi connectivity index (χ0v) is 17.8. The van der Waals surface area contributed by atoms with Crippen molar-refractivity contribution in [2.24, 2.45) is 0 Å². The van der Waals surface area contributed by atoms with Crippen LogP contribution in [0.25, 0.3) is 22.6 Å². The van der Waals surface area contributed by atoms with Crippen molar-refractivity contribution in [3.05, 3.63) is 80.0 Å². The van der Waals surface area contributed by atoms with Gasteiger partial charge in [-0.25, -0.2) is 9.78 Å². The molecule has 7 nitrogen and oxygen atoms in total. The number of H-pyrrole nitrogens is 1. The van der Waals surface area contributed by atoms with Gasteiger partial charge in [0.05, 0.1) is 11.0 Å². The lowest BCUT2D eigenvalue weighted by atomic mass is 10.1. The molecule has 2 heterocycles. The number of aryl methyl sites for hydroxylation is 2. The molecular formula is C22H24ClN5O2. The van der Waals surface area contributed by atoms with Gasteiger partial charge in [0.15, 0.2) is 11.5 Å². The fourth-order valence-electron chi connectivity index (χ4n) is 3.47. The maximum absolute atomic E-state index is 12.3. The molecule has 0 saturated carbocycles. The predicted molar refractivity (Wildman–Crippen MR) is 121 cm³/mol. The average molecular weight is 426 g/mol. The normalized spacial score (nSPS) is 11.0. The van der Waals surface area contributed by atoms with Gasteiger partial charge >= 0.3 is 5.69 Å². The highest BCUT2D eigenvalue weighted by atomic mass is 35.5. The van der Waals surface area contributed by atoms with Gasteiger partial charge in [0.25, 0.3) is 5.56 Å². The Balaban J connectivity index is 0.00000256. The molecule has 2 N–H and O–H groups in total. The molecule has 0 amide bonds. The monoisotopic (exact) mass is 425 g/mol. The Kier molecular flexibility index (Phi) is 6.64. The summed E-state index contributed by atoms with van der Waals surface area (Å²) >= 11 is 0. The first kappa shape index (κ1) is 21.7. The first-order valence-corrected chi connectivity index (χ1v) is 9.69. The van der Waals surface area contributed by atoms with E-state index in [9.17, 15) is 9.59 Å². The van der Waals surface area contributed by atoms with Crippen LogP contribution >= 0.6 is 12.4 Å². The van der Waals surface area contributed by atoms with E-state index in [0.717, 1.165) is 35.1 Å². The number of halogens is 1. The van der Waals surface area contributed by atoms with Gasteiger partial charge in [-0.05, 0) is 55.6 Å². The molecule has 4 rings (SSSR count). The maximum Gasteiger partial charge on any atom is 0.349 e. The van der Waals surface area contributed by atoms with Gasteiger partial charge < -0.3 is 9.88 Å². The molecule has 2 aromatic rings. The Morgan fingerprint density at radius 2 is 1.73 bits per heavy atom. The minimum absolute atomic E-state index is 0. The molecular weight excluding hydrogens is 402 g/mol. The quantitative estimate of drug-likeness (QED) is 0.365. The number of hydrogen-bond acceptors (Lipinski definition) is 5. The first-order chi connectivity index (χ1) is 14.0. The van der Waals surface area contributed by atoms with Crippen LogP contribution in [-0.2, 0) is 13.0 Å². The highest BCUT2D eigenvalue weighted by Gasteiger charge is 2.18. The number of hydrogen-bond donors (Lipinski definition) is 2.